The summed E-state index contributed by atoms with van der Waals surface area (Å²) in [5.41, 5.74) is -0.549. The molecule has 0 saturated heterocycles. The topological polar surface area (TPSA) is 41.5 Å². The van der Waals surface area contributed by atoms with Gasteiger partial charge in [-0.05, 0) is 38.3 Å². The molecule has 94 valence electrons. The van der Waals surface area contributed by atoms with Crippen LogP contribution in [0.15, 0.2) is 30.3 Å². The molecular formula is C14H21NO2. The molecule has 1 aromatic rings. The third-order valence-electron chi connectivity index (χ3n) is 3.43. The second kappa shape index (κ2) is 5.52. The van der Waals surface area contributed by atoms with E-state index in [0.29, 0.717) is 6.61 Å². The van der Waals surface area contributed by atoms with Gasteiger partial charge in [-0.3, -0.25) is 0 Å². The zero-order valence-electron chi connectivity index (χ0n) is 10.4. The van der Waals surface area contributed by atoms with E-state index in [0.717, 1.165) is 31.6 Å². The van der Waals surface area contributed by atoms with Crippen LogP contribution in [-0.4, -0.2) is 29.9 Å². The molecule has 2 rings (SSSR count). The molecule has 1 saturated carbocycles. The van der Waals surface area contributed by atoms with E-state index in [-0.39, 0.29) is 6.04 Å². The molecule has 2 unspecified atom stereocenters. The lowest BCUT2D eigenvalue weighted by Crippen LogP contribution is -2.45. The van der Waals surface area contributed by atoms with Gasteiger partial charge in [-0.1, -0.05) is 18.2 Å². The van der Waals surface area contributed by atoms with Gasteiger partial charge in [0, 0.05) is 12.6 Å². The van der Waals surface area contributed by atoms with Crippen molar-refractivity contribution in [3.8, 4) is 5.75 Å². The minimum atomic E-state index is -0.549. The molecule has 2 N–H and O–H groups in total. The van der Waals surface area contributed by atoms with Crippen molar-refractivity contribution in [2.45, 2.75) is 37.8 Å². The molecular weight excluding hydrogens is 214 g/mol. The Hall–Kier alpha value is -1.06. The Kier molecular flexibility index (Phi) is 4.02. The number of rotatable bonds is 5. The fourth-order valence-electron chi connectivity index (χ4n) is 2.39. The minimum Gasteiger partial charge on any atom is -0.492 e. The van der Waals surface area contributed by atoms with Gasteiger partial charge in [0.05, 0.1) is 5.60 Å². The highest BCUT2D eigenvalue weighted by Gasteiger charge is 2.35. The van der Waals surface area contributed by atoms with Crippen LogP contribution in [0.4, 0.5) is 0 Å². The predicted octanol–water partition coefficient (Wildman–Crippen LogP) is 1.96. The van der Waals surface area contributed by atoms with E-state index in [9.17, 15) is 5.11 Å². The van der Waals surface area contributed by atoms with E-state index in [1.54, 1.807) is 0 Å². The first-order valence-electron chi connectivity index (χ1n) is 6.32. The summed E-state index contributed by atoms with van der Waals surface area (Å²) in [6.07, 6.45) is 3.05. The van der Waals surface area contributed by atoms with Crippen LogP contribution in [0.2, 0.25) is 0 Å². The van der Waals surface area contributed by atoms with E-state index in [1.807, 2.05) is 37.3 Å². The summed E-state index contributed by atoms with van der Waals surface area (Å²) in [5, 5.41) is 13.4. The summed E-state index contributed by atoms with van der Waals surface area (Å²) in [6.45, 7) is 3.32. The summed E-state index contributed by atoms with van der Waals surface area (Å²) < 4.78 is 5.59. The van der Waals surface area contributed by atoms with Crippen LogP contribution < -0.4 is 10.1 Å². The lowest BCUT2D eigenvalue weighted by Gasteiger charge is -2.26. The van der Waals surface area contributed by atoms with E-state index in [4.69, 9.17) is 4.74 Å². The molecule has 1 aromatic carbocycles. The molecule has 0 spiro atoms. The first-order valence-corrected chi connectivity index (χ1v) is 6.32. The summed E-state index contributed by atoms with van der Waals surface area (Å²) in [7, 11) is 0. The van der Waals surface area contributed by atoms with Gasteiger partial charge in [-0.2, -0.15) is 0 Å². The zero-order valence-corrected chi connectivity index (χ0v) is 10.4. The number of para-hydroxylation sites is 1. The van der Waals surface area contributed by atoms with Gasteiger partial charge in [0.2, 0.25) is 0 Å². The Morgan fingerprint density at radius 3 is 2.82 bits per heavy atom. The van der Waals surface area contributed by atoms with E-state index in [1.165, 1.54) is 0 Å². The van der Waals surface area contributed by atoms with Crippen LogP contribution >= 0.6 is 0 Å². The summed E-state index contributed by atoms with van der Waals surface area (Å²) in [6, 6.07) is 10.0. The van der Waals surface area contributed by atoms with E-state index in [2.05, 4.69) is 5.32 Å². The van der Waals surface area contributed by atoms with Gasteiger partial charge in [-0.25, -0.2) is 0 Å². The van der Waals surface area contributed by atoms with Crippen molar-refractivity contribution < 1.29 is 9.84 Å². The Morgan fingerprint density at radius 1 is 1.41 bits per heavy atom. The van der Waals surface area contributed by atoms with Crippen LogP contribution in [0.5, 0.6) is 5.75 Å². The Labute approximate surface area is 103 Å². The average Bonchev–Trinajstić information content (AvgIpc) is 2.66. The SMILES string of the molecule is CC1(O)CCCC1NCCOc1ccccc1. The Morgan fingerprint density at radius 2 is 2.18 bits per heavy atom. The fraction of sp³-hybridized carbons (Fsp3) is 0.571. The quantitative estimate of drug-likeness (QED) is 0.767. The van der Waals surface area contributed by atoms with E-state index < -0.39 is 5.60 Å². The normalized spacial score (nSPS) is 28.2. The molecule has 3 heteroatoms. The monoisotopic (exact) mass is 235 g/mol. The molecule has 17 heavy (non-hydrogen) atoms. The number of benzene rings is 1. The van der Waals surface area contributed by atoms with Crippen LogP contribution in [0, 0.1) is 0 Å². The van der Waals surface area contributed by atoms with Crippen molar-refractivity contribution in [2.24, 2.45) is 0 Å². The minimum absolute atomic E-state index is 0.210. The second-order valence-corrected chi connectivity index (χ2v) is 4.92. The van der Waals surface area contributed by atoms with Crippen LogP contribution in [0.25, 0.3) is 0 Å². The first-order chi connectivity index (χ1) is 8.18. The highest BCUT2D eigenvalue weighted by Crippen LogP contribution is 2.29. The van der Waals surface area contributed by atoms with Gasteiger partial charge in [0.15, 0.2) is 0 Å². The highest BCUT2D eigenvalue weighted by molar-refractivity contribution is 5.20. The van der Waals surface area contributed by atoms with Crippen molar-refractivity contribution in [1.29, 1.82) is 0 Å². The molecule has 1 aliphatic rings. The summed E-state index contributed by atoms with van der Waals surface area (Å²) >= 11 is 0. The standard InChI is InChI=1S/C14H21NO2/c1-14(16)9-5-8-13(14)15-10-11-17-12-6-3-2-4-7-12/h2-4,6-7,13,15-16H,5,8-11H2,1H3. The highest BCUT2D eigenvalue weighted by atomic mass is 16.5. The van der Waals surface area contributed by atoms with Gasteiger partial charge >= 0.3 is 0 Å². The Balaban J connectivity index is 1.67. The van der Waals surface area contributed by atoms with Gasteiger partial charge < -0.3 is 15.2 Å². The van der Waals surface area contributed by atoms with Crippen LogP contribution in [0.1, 0.15) is 26.2 Å². The maximum Gasteiger partial charge on any atom is 0.119 e. The number of nitrogens with one attached hydrogen (secondary N) is 1. The van der Waals surface area contributed by atoms with Crippen molar-refractivity contribution >= 4 is 0 Å². The summed E-state index contributed by atoms with van der Waals surface area (Å²) in [4.78, 5) is 0. The molecule has 3 nitrogen and oxygen atoms in total. The van der Waals surface area contributed by atoms with Crippen LogP contribution in [-0.2, 0) is 0 Å². The van der Waals surface area contributed by atoms with Gasteiger partial charge in [0.25, 0.3) is 0 Å². The van der Waals surface area contributed by atoms with Gasteiger partial charge in [-0.15, -0.1) is 0 Å². The maximum absolute atomic E-state index is 10.1. The number of hydrogen-bond donors (Lipinski definition) is 2. The molecule has 0 amide bonds. The lowest BCUT2D eigenvalue weighted by molar-refractivity contribution is 0.0383. The Bertz CT molecular complexity index is 337. The molecule has 0 radical (unpaired) electrons. The van der Waals surface area contributed by atoms with Gasteiger partial charge in [0.1, 0.15) is 12.4 Å². The molecule has 0 bridgehead atoms. The second-order valence-electron chi connectivity index (χ2n) is 4.92. The number of aliphatic hydroxyl groups is 1. The smallest absolute Gasteiger partial charge is 0.119 e. The zero-order chi connectivity index (χ0) is 12.1. The van der Waals surface area contributed by atoms with Crippen molar-refractivity contribution in [1.82, 2.24) is 5.32 Å². The maximum atomic E-state index is 10.1. The molecule has 1 fully saturated rings. The molecule has 2 atom stereocenters. The number of ether oxygens (including phenoxy) is 1. The van der Waals surface area contributed by atoms with E-state index >= 15 is 0 Å². The molecule has 0 aliphatic heterocycles. The van der Waals surface area contributed by atoms with Crippen molar-refractivity contribution in [2.75, 3.05) is 13.2 Å². The molecule has 1 aliphatic carbocycles. The molecule has 0 aromatic heterocycles. The summed E-state index contributed by atoms with van der Waals surface area (Å²) in [5.74, 6) is 0.896. The van der Waals surface area contributed by atoms with Crippen molar-refractivity contribution in [3.63, 3.8) is 0 Å². The largest absolute Gasteiger partial charge is 0.492 e. The average molecular weight is 235 g/mol. The third-order valence-corrected chi connectivity index (χ3v) is 3.43. The first kappa shape index (κ1) is 12.4. The predicted molar refractivity (Wildman–Crippen MR) is 68.2 cm³/mol. The number of hydrogen-bond acceptors (Lipinski definition) is 3. The fourth-order valence-corrected chi connectivity index (χ4v) is 2.39. The molecule has 0 heterocycles. The lowest BCUT2D eigenvalue weighted by atomic mass is 10.0. The van der Waals surface area contributed by atoms with Crippen LogP contribution in [0.3, 0.4) is 0 Å². The van der Waals surface area contributed by atoms with Crippen molar-refractivity contribution in [3.05, 3.63) is 30.3 Å². The third kappa shape index (κ3) is 3.45.